The summed E-state index contributed by atoms with van der Waals surface area (Å²) in [7, 11) is 5.06. The minimum absolute atomic E-state index is 0.000236. The summed E-state index contributed by atoms with van der Waals surface area (Å²) in [5, 5.41) is 29.6. The van der Waals surface area contributed by atoms with Crippen molar-refractivity contribution in [3.8, 4) is 17.2 Å². The van der Waals surface area contributed by atoms with Gasteiger partial charge in [-0.3, -0.25) is 4.79 Å². The quantitative estimate of drug-likeness (QED) is 0.0791. The molecule has 5 N–H and O–H groups in total. The van der Waals surface area contributed by atoms with Gasteiger partial charge in [-0.05, 0) is 135 Å². The molecule has 9 rings (SSSR count). The van der Waals surface area contributed by atoms with Crippen molar-refractivity contribution in [2.75, 3.05) is 21.3 Å². The van der Waals surface area contributed by atoms with Gasteiger partial charge in [-0.1, -0.05) is 106 Å². The van der Waals surface area contributed by atoms with Crippen LogP contribution in [0.1, 0.15) is 91.2 Å². The summed E-state index contributed by atoms with van der Waals surface area (Å²) in [5.41, 5.74) is 4.92. The van der Waals surface area contributed by atoms with Gasteiger partial charge in [-0.15, -0.1) is 0 Å². The first-order valence-corrected chi connectivity index (χ1v) is 24.0. The van der Waals surface area contributed by atoms with Gasteiger partial charge in [0.05, 0.1) is 70.3 Å². The number of ether oxygens (including phenoxy) is 3. The molecular weight excluding hydrogens is 945 g/mol. The van der Waals surface area contributed by atoms with E-state index < -0.39 is 11.2 Å². The number of rotatable bonds is 11. The van der Waals surface area contributed by atoms with Crippen LogP contribution >= 0.6 is 15.9 Å². The van der Waals surface area contributed by atoms with E-state index in [0.717, 1.165) is 65.5 Å². The maximum absolute atomic E-state index is 11.4. The number of ketones is 1. The molecule has 0 amide bonds. The first kappa shape index (κ1) is 52.6. The minimum atomic E-state index is -1.10. The van der Waals surface area contributed by atoms with E-state index in [9.17, 15) is 15.0 Å². The number of imidazole rings is 3. The first-order valence-electron chi connectivity index (χ1n) is 23.2. The van der Waals surface area contributed by atoms with Crippen molar-refractivity contribution in [3.63, 3.8) is 0 Å². The lowest BCUT2D eigenvalue weighted by Gasteiger charge is -2.32. The topological polar surface area (TPSA) is 171 Å². The number of halogens is 1. The molecule has 6 aromatic carbocycles. The van der Waals surface area contributed by atoms with Crippen molar-refractivity contribution in [1.82, 2.24) is 29.9 Å². The highest BCUT2D eigenvalue weighted by Crippen LogP contribution is 2.40. The Bertz CT molecular complexity index is 3010. The Morgan fingerprint density at radius 3 is 1.23 bits per heavy atom. The van der Waals surface area contributed by atoms with Crippen LogP contribution in [0, 0.1) is 38.5 Å². The first-order chi connectivity index (χ1) is 33.4. The van der Waals surface area contributed by atoms with Crippen LogP contribution < -0.4 is 14.2 Å². The van der Waals surface area contributed by atoms with Crippen LogP contribution in [0.5, 0.6) is 17.2 Å². The van der Waals surface area contributed by atoms with E-state index >= 15 is 0 Å². The molecule has 0 aliphatic rings. The van der Waals surface area contributed by atoms with E-state index in [1.807, 2.05) is 122 Å². The number of nitrogens with zero attached hydrogens (tertiary/aromatic N) is 3. The average molecular weight is 1010 g/mol. The van der Waals surface area contributed by atoms with Gasteiger partial charge in [0.25, 0.3) is 0 Å². The number of aromatic nitrogens is 6. The number of aryl methyl sites for hydroxylation is 3. The fourth-order valence-electron chi connectivity index (χ4n) is 8.73. The van der Waals surface area contributed by atoms with Gasteiger partial charge < -0.3 is 39.4 Å². The highest BCUT2D eigenvalue weighted by atomic mass is 79.9. The Balaban J connectivity index is 0.000000161. The van der Waals surface area contributed by atoms with E-state index in [-0.39, 0.29) is 23.5 Å². The van der Waals surface area contributed by atoms with Crippen LogP contribution in [0.15, 0.2) is 133 Å². The predicted molar refractivity (Wildman–Crippen MR) is 284 cm³/mol. The molecule has 3 aromatic heterocycles. The van der Waals surface area contributed by atoms with Crippen LogP contribution in [0.2, 0.25) is 0 Å². The fraction of sp³-hybridized carbons (Fsp3) is 0.298. The number of H-pyrrole nitrogens is 3. The number of hydrogen-bond donors (Lipinski definition) is 5. The molecule has 13 heteroatoms. The van der Waals surface area contributed by atoms with Crippen molar-refractivity contribution in [3.05, 3.63) is 178 Å². The molecule has 2 atom stereocenters. The molecule has 0 spiro atoms. The summed E-state index contributed by atoms with van der Waals surface area (Å²) in [5.74, 6) is 2.84. The number of benzene rings is 6. The Labute approximate surface area is 419 Å². The van der Waals surface area contributed by atoms with E-state index in [0.29, 0.717) is 17.1 Å². The van der Waals surface area contributed by atoms with Crippen LogP contribution in [-0.2, 0) is 11.2 Å². The Morgan fingerprint density at radius 1 is 0.529 bits per heavy atom. The van der Waals surface area contributed by atoms with Gasteiger partial charge in [0, 0.05) is 10.4 Å². The second-order valence-corrected chi connectivity index (χ2v) is 19.1. The molecule has 0 saturated heterocycles. The molecule has 0 saturated carbocycles. The van der Waals surface area contributed by atoms with Crippen LogP contribution in [0.25, 0.3) is 32.3 Å². The number of Topliss-reactive ketones (excluding diaryl/α,β-unsaturated/α-hetero) is 1. The average Bonchev–Trinajstić information content (AvgIpc) is 4.20. The van der Waals surface area contributed by atoms with Crippen molar-refractivity contribution >= 4 is 54.0 Å². The Kier molecular flexibility index (Phi) is 17.1. The molecule has 1 unspecified atom stereocenters. The standard InChI is InChI=1S/2C19H22N2O2.C12H11BrO.C7H10N2O/c2*1-12(2)19(22,18-10-20-11-21-18)15-6-7-16-13(3)17(23-4)8-5-14(16)9-15;1-8-11-5-4-10(13)7-9(11)3-6-12(8)14-2;1-5(2)7(10)6-3-8-4-9-6/h2*5-12,22H,1-4H3,(H,20,21);3-7H,1-2H3;3-5H,1-2H3,(H,8,9)/t19-;;;/m0.../s1. The number of fused-ring (bicyclic) bond motifs is 3. The lowest BCUT2D eigenvalue weighted by molar-refractivity contribution is 0.0279. The largest absolute Gasteiger partial charge is 0.496 e. The summed E-state index contributed by atoms with van der Waals surface area (Å²) in [6.07, 6.45) is 9.61. The molecule has 0 aliphatic heterocycles. The number of carbonyl (C=O) groups is 1. The third-order valence-electron chi connectivity index (χ3n) is 13.0. The van der Waals surface area contributed by atoms with Crippen molar-refractivity contribution in [2.45, 2.75) is 73.5 Å². The van der Waals surface area contributed by atoms with Gasteiger partial charge in [0.1, 0.15) is 34.1 Å². The Morgan fingerprint density at radius 2 is 0.900 bits per heavy atom. The number of aromatic amines is 3. The molecule has 0 radical (unpaired) electrons. The van der Waals surface area contributed by atoms with Crippen molar-refractivity contribution in [1.29, 1.82) is 0 Å². The molecule has 9 aromatic rings. The maximum atomic E-state index is 11.4. The third-order valence-corrected chi connectivity index (χ3v) is 13.5. The number of methoxy groups -OCH3 is 3. The smallest absolute Gasteiger partial charge is 0.183 e. The molecular formula is C57H65BrN6O6. The number of carbonyl (C=O) groups excluding carboxylic acids is 1. The summed E-state index contributed by atoms with van der Waals surface area (Å²) >= 11 is 3.46. The zero-order valence-corrected chi connectivity index (χ0v) is 43.7. The van der Waals surface area contributed by atoms with Gasteiger partial charge in [-0.2, -0.15) is 0 Å². The lowest BCUT2D eigenvalue weighted by atomic mass is 9.80. The molecule has 70 heavy (non-hydrogen) atoms. The number of hydrogen-bond acceptors (Lipinski definition) is 9. The van der Waals surface area contributed by atoms with E-state index in [1.165, 1.54) is 22.7 Å². The molecule has 0 bridgehead atoms. The monoisotopic (exact) mass is 1010 g/mol. The number of aliphatic hydroxyl groups is 2. The minimum Gasteiger partial charge on any atom is -0.496 e. The van der Waals surface area contributed by atoms with Crippen LogP contribution in [-0.4, -0.2) is 67.2 Å². The van der Waals surface area contributed by atoms with Crippen molar-refractivity contribution in [2.24, 2.45) is 17.8 Å². The second-order valence-electron chi connectivity index (χ2n) is 18.2. The lowest BCUT2D eigenvalue weighted by Crippen LogP contribution is -2.33. The summed E-state index contributed by atoms with van der Waals surface area (Å²) < 4.78 is 17.1. The third kappa shape index (κ3) is 11.0. The predicted octanol–water partition coefficient (Wildman–Crippen LogP) is 12.7. The summed E-state index contributed by atoms with van der Waals surface area (Å²) in [6, 6.07) is 30.5. The van der Waals surface area contributed by atoms with Crippen LogP contribution in [0.4, 0.5) is 0 Å². The molecule has 366 valence electrons. The molecule has 0 aliphatic carbocycles. The SMILES string of the molecule is CC(C)C(=O)c1cnc[nH]1.COc1ccc2cc(Br)ccc2c1C.COc1ccc2cc(C(O)(c3cnc[nH]3)C(C)C)ccc2c1C.COc1ccc2cc([C@](O)(c3cnc[nH]3)C(C)C)ccc2c1C. The van der Waals surface area contributed by atoms with Crippen LogP contribution in [0.3, 0.4) is 0 Å². The van der Waals surface area contributed by atoms with E-state index in [4.69, 9.17) is 14.2 Å². The fourth-order valence-corrected chi connectivity index (χ4v) is 9.11. The molecule has 12 nitrogen and oxygen atoms in total. The second kappa shape index (κ2) is 22.7. The normalized spacial score (nSPS) is 12.9. The van der Waals surface area contributed by atoms with Crippen molar-refractivity contribution < 1.29 is 29.2 Å². The molecule has 3 heterocycles. The zero-order chi connectivity index (χ0) is 50.9. The maximum Gasteiger partial charge on any atom is 0.183 e. The Hall–Kier alpha value is -6.80. The highest BCUT2D eigenvalue weighted by molar-refractivity contribution is 9.10. The van der Waals surface area contributed by atoms with Gasteiger partial charge in [0.15, 0.2) is 5.78 Å². The van der Waals surface area contributed by atoms with Gasteiger partial charge in [-0.25, -0.2) is 15.0 Å². The van der Waals surface area contributed by atoms with Gasteiger partial charge in [0.2, 0.25) is 0 Å². The highest BCUT2D eigenvalue weighted by Gasteiger charge is 2.38. The summed E-state index contributed by atoms with van der Waals surface area (Å²) in [6.45, 7) is 17.9. The van der Waals surface area contributed by atoms with E-state index in [2.05, 4.69) is 77.0 Å². The summed E-state index contributed by atoms with van der Waals surface area (Å²) in [4.78, 5) is 31.9. The molecule has 0 fully saturated rings. The van der Waals surface area contributed by atoms with Gasteiger partial charge >= 0.3 is 0 Å². The van der Waals surface area contributed by atoms with E-state index in [1.54, 1.807) is 52.6 Å². The zero-order valence-electron chi connectivity index (χ0n) is 42.1. The number of nitrogens with one attached hydrogen (secondary N) is 3.